The van der Waals surface area contributed by atoms with Gasteiger partial charge in [-0.2, -0.15) is 0 Å². The van der Waals surface area contributed by atoms with Gasteiger partial charge in [0.05, 0.1) is 0 Å². The summed E-state index contributed by atoms with van der Waals surface area (Å²) in [4.78, 5) is 31.2. The highest BCUT2D eigenvalue weighted by Crippen LogP contribution is 2.17. The molecule has 0 radical (unpaired) electrons. The molecule has 5 heteroatoms. The van der Waals surface area contributed by atoms with Crippen LogP contribution in [0.25, 0.3) is 11.4 Å². The van der Waals surface area contributed by atoms with Crippen LogP contribution in [0.5, 0.6) is 0 Å². The number of aromatic nitrogens is 2. The van der Waals surface area contributed by atoms with Crippen molar-refractivity contribution in [1.29, 1.82) is 0 Å². The topological polar surface area (TPSA) is 74.8 Å². The smallest absolute Gasteiger partial charge is 0.264 e. The highest BCUT2D eigenvalue weighted by atomic mass is 16.2. The number of H-pyrrole nitrogens is 1. The summed E-state index contributed by atoms with van der Waals surface area (Å²) >= 11 is 0. The monoisotopic (exact) mass is 297 g/mol. The molecule has 2 N–H and O–H groups in total. The lowest BCUT2D eigenvalue weighted by Crippen LogP contribution is -2.38. The van der Waals surface area contributed by atoms with E-state index < -0.39 is 5.56 Å². The van der Waals surface area contributed by atoms with Crippen LogP contribution < -0.4 is 10.9 Å². The van der Waals surface area contributed by atoms with Crippen molar-refractivity contribution in [2.24, 2.45) is 0 Å². The number of carbonyl (C=O) groups is 1. The van der Waals surface area contributed by atoms with Crippen molar-refractivity contribution < 1.29 is 4.79 Å². The molecule has 114 valence electrons. The molecule has 1 aliphatic carbocycles. The number of hydrogen-bond acceptors (Lipinski definition) is 3. The molecule has 1 aromatic heterocycles. The summed E-state index contributed by atoms with van der Waals surface area (Å²) in [6, 6.07) is 9.54. The van der Waals surface area contributed by atoms with Crippen molar-refractivity contribution in [2.75, 3.05) is 0 Å². The van der Waals surface area contributed by atoms with Gasteiger partial charge in [-0.05, 0) is 12.8 Å². The predicted molar refractivity (Wildman–Crippen MR) is 84.6 cm³/mol. The Bertz CT molecular complexity index is 703. The number of benzene rings is 1. The molecule has 0 aliphatic heterocycles. The number of rotatable bonds is 3. The standard InChI is InChI=1S/C17H19N3O2/c21-16(19-13-9-5-2-6-10-13)14-11-18-15(20-17(14)22)12-7-3-1-4-8-12/h1,3-4,7-8,11,13H,2,5-6,9-10H2,(H,19,21)(H,18,20,22). The van der Waals surface area contributed by atoms with Gasteiger partial charge in [0.25, 0.3) is 11.5 Å². The summed E-state index contributed by atoms with van der Waals surface area (Å²) in [6.07, 6.45) is 6.82. The number of aromatic amines is 1. The lowest BCUT2D eigenvalue weighted by molar-refractivity contribution is 0.0926. The van der Waals surface area contributed by atoms with Gasteiger partial charge in [0.15, 0.2) is 0 Å². The van der Waals surface area contributed by atoms with E-state index in [-0.39, 0.29) is 17.5 Å². The van der Waals surface area contributed by atoms with Crippen LogP contribution in [0.15, 0.2) is 41.3 Å². The molecule has 1 fully saturated rings. The third-order valence-corrected chi connectivity index (χ3v) is 4.03. The molecule has 1 heterocycles. The fourth-order valence-electron chi connectivity index (χ4n) is 2.81. The van der Waals surface area contributed by atoms with E-state index in [4.69, 9.17) is 0 Å². The second-order valence-corrected chi connectivity index (χ2v) is 5.65. The lowest BCUT2D eigenvalue weighted by atomic mass is 9.95. The average Bonchev–Trinajstić information content (AvgIpc) is 2.56. The molecule has 0 atom stereocenters. The number of nitrogens with one attached hydrogen (secondary N) is 2. The number of hydrogen-bond donors (Lipinski definition) is 2. The van der Waals surface area contributed by atoms with Crippen LogP contribution in [0.4, 0.5) is 0 Å². The largest absolute Gasteiger partial charge is 0.349 e. The molecule has 3 rings (SSSR count). The summed E-state index contributed by atoms with van der Waals surface area (Å²) in [5.74, 6) is 0.139. The Hall–Kier alpha value is -2.43. The molecule has 22 heavy (non-hydrogen) atoms. The van der Waals surface area contributed by atoms with E-state index in [0.717, 1.165) is 31.2 Å². The van der Waals surface area contributed by atoms with Gasteiger partial charge < -0.3 is 10.3 Å². The van der Waals surface area contributed by atoms with Gasteiger partial charge in [-0.25, -0.2) is 4.98 Å². The maximum atomic E-state index is 12.2. The summed E-state index contributed by atoms with van der Waals surface area (Å²) in [5, 5.41) is 2.94. The Kier molecular flexibility index (Phi) is 4.32. The lowest BCUT2D eigenvalue weighted by Gasteiger charge is -2.22. The molecule has 1 aliphatic rings. The molecule has 5 nitrogen and oxygen atoms in total. The first-order valence-electron chi connectivity index (χ1n) is 7.69. The van der Waals surface area contributed by atoms with Crippen LogP contribution in [0, 0.1) is 0 Å². The molecular weight excluding hydrogens is 278 g/mol. The second-order valence-electron chi connectivity index (χ2n) is 5.65. The zero-order valence-corrected chi connectivity index (χ0v) is 12.3. The third kappa shape index (κ3) is 3.24. The van der Waals surface area contributed by atoms with Crippen LogP contribution in [-0.2, 0) is 0 Å². The van der Waals surface area contributed by atoms with Gasteiger partial charge in [-0.1, -0.05) is 49.6 Å². The van der Waals surface area contributed by atoms with Crippen LogP contribution in [0.1, 0.15) is 42.5 Å². The molecule has 1 aromatic carbocycles. The van der Waals surface area contributed by atoms with Gasteiger partial charge in [-0.3, -0.25) is 9.59 Å². The van der Waals surface area contributed by atoms with E-state index in [1.807, 2.05) is 30.3 Å². The Morgan fingerprint density at radius 2 is 1.86 bits per heavy atom. The highest BCUT2D eigenvalue weighted by Gasteiger charge is 2.19. The summed E-state index contributed by atoms with van der Waals surface area (Å²) < 4.78 is 0. The first-order valence-corrected chi connectivity index (χ1v) is 7.69. The Labute approximate surface area is 128 Å². The van der Waals surface area contributed by atoms with Crippen LogP contribution >= 0.6 is 0 Å². The first-order chi connectivity index (χ1) is 10.7. The van der Waals surface area contributed by atoms with Gasteiger partial charge in [0.1, 0.15) is 11.4 Å². The zero-order valence-electron chi connectivity index (χ0n) is 12.3. The highest BCUT2D eigenvalue weighted by molar-refractivity contribution is 5.93. The van der Waals surface area contributed by atoms with E-state index in [1.165, 1.54) is 12.6 Å². The van der Waals surface area contributed by atoms with E-state index >= 15 is 0 Å². The number of amides is 1. The maximum Gasteiger partial charge on any atom is 0.264 e. The molecule has 1 amide bonds. The van der Waals surface area contributed by atoms with Crippen molar-refractivity contribution >= 4 is 5.91 Å². The average molecular weight is 297 g/mol. The molecule has 0 unspecified atom stereocenters. The van der Waals surface area contributed by atoms with Gasteiger partial charge in [0, 0.05) is 17.8 Å². The second kappa shape index (κ2) is 6.56. The number of nitrogens with zero attached hydrogens (tertiary/aromatic N) is 1. The van der Waals surface area contributed by atoms with E-state index in [0.29, 0.717) is 5.82 Å². The van der Waals surface area contributed by atoms with Crippen molar-refractivity contribution in [3.8, 4) is 11.4 Å². The van der Waals surface area contributed by atoms with Gasteiger partial charge >= 0.3 is 0 Å². The summed E-state index contributed by atoms with van der Waals surface area (Å²) in [7, 11) is 0. The molecular formula is C17H19N3O2. The van der Waals surface area contributed by atoms with E-state index in [9.17, 15) is 9.59 Å². The Morgan fingerprint density at radius 3 is 2.55 bits per heavy atom. The van der Waals surface area contributed by atoms with E-state index in [2.05, 4.69) is 15.3 Å². The summed E-state index contributed by atoms with van der Waals surface area (Å²) in [6.45, 7) is 0. The normalized spacial score (nSPS) is 15.5. The van der Waals surface area contributed by atoms with Crippen molar-refractivity contribution in [3.05, 3.63) is 52.4 Å². The minimum Gasteiger partial charge on any atom is -0.349 e. The summed E-state index contributed by atoms with van der Waals surface area (Å²) in [5.41, 5.74) is 0.492. The van der Waals surface area contributed by atoms with Gasteiger partial charge in [-0.15, -0.1) is 0 Å². The van der Waals surface area contributed by atoms with Crippen molar-refractivity contribution in [2.45, 2.75) is 38.1 Å². The third-order valence-electron chi connectivity index (χ3n) is 4.03. The van der Waals surface area contributed by atoms with E-state index in [1.54, 1.807) is 0 Å². The first kappa shape index (κ1) is 14.5. The minimum atomic E-state index is -0.401. The van der Waals surface area contributed by atoms with Crippen molar-refractivity contribution in [3.63, 3.8) is 0 Å². The Morgan fingerprint density at radius 1 is 1.14 bits per heavy atom. The zero-order chi connectivity index (χ0) is 15.4. The quantitative estimate of drug-likeness (QED) is 0.914. The predicted octanol–water partition coefficient (Wildman–Crippen LogP) is 2.50. The fraction of sp³-hybridized carbons (Fsp3) is 0.353. The van der Waals surface area contributed by atoms with Crippen LogP contribution in [0.3, 0.4) is 0 Å². The van der Waals surface area contributed by atoms with Crippen LogP contribution in [0.2, 0.25) is 0 Å². The van der Waals surface area contributed by atoms with Crippen LogP contribution in [-0.4, -0.2) is 21.9 Å². The molecule has 2 aromatic rings. The SMILES string of the molecule is O=C(NC1CCCCC1)c1cnc(-c2ccccc2)[nH]c1=O. The maximum absolute atomic E-state index is 12.2. The molecule has 0 saturated heterocycles. The molecule has 0 spiro atoms. The Balaban J connectivity index is 1.77. The van der Waals surface area contributed by atoms with Gasteiger partial charge in [0.2, 0.25) is 0 Å². The molecule has 0 bridgehead atoms. The molecule has 1 saturated carbocycles. The minimum absolute atomic E-state index is 0.0743. The van der Waals surface area contributed by atoms with Crippen molar-refractivity contribution in [1.82, 2.24) is 15.3 Å². The fourth-order valence-corrected chi connectivity index (χ4v) is 2.81. The number of carbonyl (C=O) groups excluding carboxylic acids is 1.